The van der Waals surface area contributed by atoms with Gasteiger partial charge in [-0.1, -0.05) is 30.3 Å². The normalized spacial score (nSPS) is 22.7. The Kier molecular flexibility index (Phi) is 7.03. The van der Waals surface area contributed by atoms with Gasteiger partial charge in [-0.15, -0.1) is 0 Å². The molecule has 144 valence electrons. The second kappa shape index (κ2) is 9.03. The molecule has 6 nitrogen and oxygen atoms in total. The van der Waals surface area contributed by atoms with Gasteiger partial charge in [0.2, 0.25) is 0 Å². The van der Waals surface area contributed by atoms with Gasteiger partial charge in [0.1, 0.15) is 5.60 Å². The van der Waals surface area contributed by atoms with Crippen LogP contribution in [0.5, 0.6) is 0 Å². The Morgan fingerprint density at radius 1 is 1.15 bits per heavy atom. The van der Waals surface area contributed by atoms with Crippen LogP contribution in [-0.2, 0) is 25.6 Å². The van der Waals surface area contributed by atoms with E-state index in [4.69, 9.17) is 14.2 Å². The molecule has 1 amide bonds. The molecule has 1 fully saturated rings. The molecule has 0 saturated heterocycles. The zero-order valence-electron chi connectivity index (χ0n) is 16.0. The molecule has 0 bridgehead atoms. The van der Waals surface area contributed by atoms with Crippen molar-refractivity contribution in [2.24, 2.45) is 11.8 Å². The van der Waals surface area contributed by atoms with Gasteiger partial charge in [0.05, 0.1) is 26.2 Å². The molecular formula is C20H29NO5. The number of carbonyl (C=O) groups excluding carboxylic acids is 2. The molecule has 0 radical (unpaired) electrons. The first-order valence-corrected chi connectivity index (χ1v) is 8.99. The molecule has 0 aromatic heterocycles. The minimum Gasteiger partial charge on any atom is -0.469 e. The van der Waals surface area contributed by atoms with Crippen molar-refractivity contribution in [2.45, 2.75) is 51.9 Å². The van der Waals surface area contributed by atoms with Crippen LogP contribution in [0.4, 0.5) is 4.79 Å². The average molecular weight is 363 g/mol. The van der Waals surface area contributed by atoms with E-state index in [2.05, 4.69) is 5.32 Å². The number of rotatable bonds is 6. The summed E-state index contributed by atoms with van der Waals surface area (Å²) >= 11 is 0. The molecule has 6 heteroatoms. The zero-order valence-corrected chi connectivity index (χ0v) is 16.0. The highest BCUT2D eigenvalue weighted by molar-refractivity contribution is 5.74. The summed E-state index contributed by atoms with van der Waals surface area (Å²) in [5.74, 6) is -0.679. The molecule has 1 saturated carbocycles. The number of methoxy groups -OCH3 is 1. The fraction of sp³-hybridized carbons (Fsp3) is 0.600. The average Bonchev–Trinajstić information content (AvgIpc) is 2.96. The van der Waals surface area contributed by atoms with Gasteiger partial charge in [0.15, 0.2) is 0 Å². The predicted octanol–water partition coefficient (Wildman–Crippen LogP) is 3.30. The first kappa shape index (κ1) is 20.2. The molecule has 0 aliphatic heterocycles. The van der Waals surface area contributed by atoms with Gasteiger partial charge in [-0.3, -0.25) is 4.79 Å². The Morgan fingerprint density at radius 3 is 2.46 bits per heavy atom. The number of esters is 1. The van der Waals surface area contributed by atoms with Gasteiger partial charge in [-0.05, 0) is 39.2 Å². The Morgan fingerprint density at radius 2 is 1.85 bits per heavy atom. The Hall–Kier alpha value is -2.08. The molecule has 1 N–H and O–H groups in total. The van der Waals surface area contributed by atoms with Crippen LogP contribution < -0.4 is 5.32 Å². The van der Waals surface area contributed by atoms with Crippen LogP contribution in [0.3, 0.4) is 0 Å². The maximum absolute atomic E-state index is 12.1. The van der Waals surface area contributed by atoms with E-state index in [1.54, 1.807) is 0 Å². The summed E-state index contributed by atoms with van der Waals surface area (Å²) in [5, 5.41) is 2.89. The highest BCUT2D eigenvalue weighted by atomic mass is 16.6. The molecular weight excluding hydrogens is 334 g/mol. The largest absolute Gasteiger partial charge is 0.469 e. The minimum absolute atomic E-state index is 0.140. The summed E-state index contributed by atoms with van der Waals surface area (Å²) in [4.78, 5) is 24.2. The van der Waals surface area contributed by atoms with E-state index in [0.717, 1.165) is 5.56 Å². The standard InChI is InChI=1S/C20H29NO5/c1-20(2,3)26-19(23)21-17-11-10-15(18(22)24-4)16(17)13-25-12-14-8-6-5-7-9-14/h5-9,15-17H,10-13H2,1-4H3,(H,21,23). The van der Waals surface area contributed by atoms with E-state index in [-0.39, 0.29) is 23.8 Å². The Bertz CT molecular complexity index is 596. The first-order valence-electron chi connectivity index (χ1n) is 8.99. The SMILES string of the molecule is COC(=O)C1CCC(NC(=O)OC(C)(C)C)C1COCc1ccccc1. The van der Waals surface area contributed by atoms with Crippen molar-refractivity contribution < 1.29 is 23.8 Å². The van der Waals surface area contributed by atoms with Crippen LogP contribution in [0, 0.1) is 11.8 Å². The summed E-state index contributed by atoms with van der Waals surface area (Å²) in [5.41, 5.74) is 0.501. The second-order valence-electron chi connectivity index (χ2n) is 7.62. The third kappa shape index (κ3) is 6.02. The predicted molar refractivity (Wildman–Crippen MR) is 97.5 cm³/mol. The van der Waals surface area contributed by atoms with E-state index in [1.807, 2.05) is 51.1 Å². The molecule has 1 aromatic carbocycles. The van der Waals surface area contributed by atoms with Crippen LogP contribution in [0.15, 0.2) is 30.3 Å². The third-order valence-corrected chi connectivity index (χ3v) is 4.45. The van der Waals surface area contributed by atoms with Crippen LogP contribution in [0.2, 0.25) is 0 Å². The summed E-state index contributed by atoms with van der Waals surface area (Å²) in [6, 6.07) is 9.67. The quantitative estimate of drug-likeness (QED) is 0.785. The van der Waals surface area contributed by atoms with Crippen molar-refractivity contribution in [3.8, 4) is 0 Å². The van der Waals surface area contributed by atoms with E-state index in [1.165, 1.54) is 7.11 Å². The number of hydrogen-bond donors (Lipinski definition) is 1. The van der Waals surface area contributed by atoms with Crippen molar-refractivity contribution in [1.29, 1.82) is 0 Å². The Balaban J connectivity index is 1.97. The number of amides is 1. The van der Waals surface area contributed by atoms with Crippen LogP contribution in [0.25, 0.3) is 0 Å². The summed E-state index contributed by atoms with van der Waals surface area (Å²) < 4.78 is 16.1. The molecule has 2 rings (SSSR count). The van der Waals surface area contributed by atoms with E-state index >= 15 is 0 Å². The van der Waals surface area contributed by atoms with Crippen LogP contribution in [0.1, 0.15) is 39.2 Å². The molecule has 3 atom stereocenters. The van der Waals surface area contributed by atoms with Gasteiger partial charge in [-0.2, -0.15) is 0 Å². The molecule has 0 heterocycles. The molecule has 1 aromatic rings. The molecule has 26 heavy (non-hydrogen) atoms. The van der Waals surface area contributed by atoms with Gasteiger partial charge < -0.3 is 19.5 Å². The zero-order chi connectivity index (χ0) is 19.2. The molecule has 1 aliphatic rings. The van der Waals surface area contributed by atoms with E-state index in [9.17, 15) is 9.59 Å². The Labute approximate surface area is 155 Å². The molecule has 0 spiro atoms. The molecule has 3 unspecified atom stereocenters. The van der Waals surface area contributed by atoms with Gasteiger partial charge in [-0.25, -0.2) is 4.79 Å². The number of ether oxygens (including phenoxy) is 3. The number of benzene rings is 1. The number of hydrogen-bond acceptors (Lipinski definition) is 5. The lowest BCUT2D eigenvalue weighted by atomic mass is 9.94. The van der Waals surface area contributed by atoms with Gasteiger partial charge >= 0.3 is 12.1 Å². The number of carbonyl (C=O) groups is 2. The van der Waals surface area contributed by atoms with Gasteiger partial charge in [0.25, 0.3) is 0 Å². The van der Waals surface area contributed by atoms with Gasteiger partial charge in [0, 0.05) is 12.0 Å². The number of nitrogens with one attached hydrogen (secondary N) is 1. The minimum atomic E-state index is -0.566. The van der Waals surface area contributed by atoms with Crippen molar-refractivity contribution in [3.63, 3.8) is 0 Å². The summed E-state index contributed by atoms with van der Waals surface area (Å²) in [7, 11) is 1.39. The lowest BCUT2D eigenvalue weighted by Crippen LogP contribution is -2.44. The first-order chi connectivity index (χ1) is 12.3. The van der Waals surface area contributed by atoms with Crippen LogP contribution in [-0.4, -0.2) is 37.4 Å². The number of alkyl carbamates (subject to hydrolysis) is 1. The highest BCUT2D eigenvalue weighted by Crippen LogP contribution is 2.34. The van der Waals surface area contributed by atoms with E-state index in [0.29, 0.717) is 26.1 Å². The van der Waals surface area contributed by atoms with E-state index < -0.39 is 11.7 Å². The maximum Gasteiger partial charge on any atom is 0.407 e. The lowest BCUT2D eigenvalue weighted by molar-refractivity contribution is -0.147. The smallest absolute Gasteiger partial charge is 0.407 e. The van der Waals surface area contributed by atoms with Crippen molar-refractivity contribution in [1.82, 2.24) is 5.32 Å². The lowest BCUT2D eigenvalue weighted by Gasteiger charge is -2.26. The fourth-order valence-corrected chi connectivity index (χ4v) is 3.27. The second-order valence-corrected chi connectivity index (χ2v) is 7.62. The third-order valence-electron chi connectivity index (χ3n) is 4.45. The maximum atomic E-state index is 12.1. The summed E-state index contributed by atoms with van der Waals surface area (Å²) in [6.07, 6.45) is 0.881. The van der Waals surface area contributed by atoms with Crippen molar-refractivity contribution >= 4 is 12.1 Å². The monoisotopic (exact) mass is 363 g/mol. The highest BCUT2D eigenvalue weighted by Gasteiger charge is 2.42. The molecule has 1 aliphatic carbocycles. The fourth-order valence-electron chi connectivity index (χ4n) is 3.27. The van der Waals surface area contributed by atoms with Crippen LogP contribution >= 0.6 is 0 Å². The van der Waals surface area contributed by atoms with Crippen molar-refractivity contribution in [3.05, 3.63) is 35.9 Å². The topological polar surface area (TPSA) is 73.9 Å². The van der Waals surface area contributed by atoms with Crippen molar-refractivity contribution in [2.75, 3.05) is 13.7 Å². The summed E-state index contributed by atoms with van der Waals surface area (Å²) in [6.45, 7) is 6.29.